The van der Waals surface area contributed by atoms with E-state index in [1.807, 2.05) is 0 Å². The Kier molecular flexibility index (Phi) is 6.16. The summed E-state index contributed by atoms with van der Waals surface area (Å²) in [5.74, 6) is 0. The molecule has 0 aromatic carbocycles. The third-order valence-corrected chi connectivity index (χ3v) is 0. The largest absolute Gasteiger partial charge is 0.356 e. The second kappa shape index (κ2) is 3.49. The van der Waals surface area contributed by atoms with Gasteiger partial charge in [0, 0.05) is 0 Å². The molecule has 0 heterocycles. The van der Waals surface area contributed by atoms with Crippen molar-refractivity contribution in [2.24, 2.45) is 0 Å². The normalized spacial score (nSPS) is 4.80. The van der Waals surface area contributed by atoms with Crippen LogP contribution in [-0.4, -0.2) is 5.09 Å². The Hall–Kier alpha value is -0.510. The van der Waals surface area contributed by atoms with Gasteiger partial charge >= 0.3 is 0 Å². The molecular formula is HClNO3-. The Bertz CT molecular complexity index is 29.9. The first-order chi connectivity index (χ1) is 1.73. The van der Waals surface area contributed by atoms with Crippen molar-refractivity contribution in [3.8, 4) is 0 Å². The zero-order valence-electron chi connectivity index (χ0n) is 2.08. The summed E-state index contributed by atoms with van der Waals surface area (Å²) in [4.78, 5) is 8.25. The van der Waals surface area contributed by atoms with Gasteiger partial charge in [0.2, 0.25) is 0 Å². The minimum atomic E-state index is -1.75. The van der Waals surface area contributed by atoms with E-state index in [1.54, 1.807) is 0 Å². The predicted octanol–water partition coefficient (Wildman–Crippen LogP) is 0.183. The molecule has 0 unspecified atom stereocenters. The number of halogens is 1. The third kappa shape index (κ3) is 29.8. The molecule has 0 radical (unpaired) electrons. The second-order valence-corrected chi connectivity index (χ2v) is 0.224. The lowest BCUT2D eigenvalue weighted by Crippen LogP contribution is -1.74. The van der Waals surface area contributed by atoms with Crippen LogP contribution in [0.3, 0.4) is 0 Å². The molecule has 0 fully saturated rings. The van der Waals surface area contributed by atoms with Crippen molar-refractivity contribution < 1.29 is 5.09 Å². The first-order valence-corrected chi connectivity index (χ1v) is 0.548. The van der Waals surface area contributed by atoms with Gasteiger partial charge < -0.3 is 15.3 Å². The highest BCUT2D eigenvalue weighted by atomic mass is 35.5. The maximum absolute atomic E-state index is 8.25. The molecule has 0 aliphatic carbocycles. The molecule has 0 bridgehead atoms. The predicted molar refractivity (Wildman–Crippen MR) is 17.6 cm³/mol. The summed E-state index contributed by atoms with van der Waals surface area (Å²) in [6.45, 7) is 0. The monoisotopic (exact) mass is 98.0 g/mol. The number of rotatable bonds is 0. The lowest BCUT2D eigenvalue weighted by Gasteiger charge is -1.74. The summed E-state index contributed by atoms with van der Waals surface area (Å²) >= 11 is 0. The lowest BCUT2D eigenvalue weighted by atomic mass is 13.1. The van der Waals surface area contributed by atoms with E-state index in [0.717, 1.165) is 0 Å². The highest BCUT2D eigenvalue weighted by Crippen LogP contribution is 1.44. The topological polar surface area (TPSA) is 66.2 Å². The number of hydrogen-bond acceptors (Lipinski definition) is 3. The van der Waals surface area contributed by atoms with Crippen LogP contribution in [0.5, 0.6) is 0 Å². The zero-order valence-corrected chi connectivity index (χ0v) is 2.90. The van der Waals surface area contributed by atoms with E-state index in [0.29, 0.717) is 0 Å². The molecule has 0 aromatic rings. The van der Waals surface area contributed by atoms with Crippen LogP contribution in [0.1, 0.15) is 0 Å². The Morgan fingerprint density at radius 1 is 1.40 bits per heavy atom. The van der Waals surface area contributed by atoms with E-state index >= 15 is 0 Å². The van der Waals surface area contributed by atoms with E-state index in [4.69, 9.17) is 15.3 Å². The van der Waals surface area contributed by atoms with E-state index in [1.165, 1.54) is 0 Å². The van der Waals surface area contributed by atoms with E-state index in [-0.39, 0.29) is 12.4 Å². The average Bonchev–Trinajstić information content (AvgIpc) is 0.811. The van der Waals surface area contributed by atoms with Crippen LogP contribution in [0.25, 0.3) is 0 Å². The molecule has 4 nitrogen and oxygen atoms in total. The average molecular weight is 98.5 g/mol. The SMILES string of the molecule is Cl.O=[N+]([O-])[O-]. The van der Waals surface area contributed by atoms with Gasteiger partial charge in [-0.3, -0.25) is 0 Å². The van der Waals surface area contributed by atoms with Gasteiger partial charge in [-0.05, 0) is 0 Å². The Morgan fingerprint density at radius 3 is 1.40 bits per heavy atom. The molecule has 0 aliphatic heterocycles. The van der Waals surface area contributed by atoms with Gasteiger partial charge in [-0.15, -0.1) is 12.4 Å². The molecule has 32 valence electrons. The molecule has 0 saturated carbocycles. The maximum Gasteiger partial charge on any atom is 0.0689 e. The number of hydrogen-bond donors (Lipinski definition) is 0. The summed E-state index contributed by atoms with van der Waals surface area (Å²) in [6.07, 6.45) is 0. The minimum Gasteiger partial charge on any atom is -0.356 e. The second-order valence-electron chi connectivity index (χ2n) is 0.224. The van der Waals surface area contributed by atoms with Gasteiger partial charge in [0.1, 0.15) is 0 Å². The van der Waals surface area contributed by atoms with Crippen LogP contribution in [-0.2, 0) is 0 Å². The quantitative estimate of drug-likeness (QED) is 0.321. The summed E-state index contributed by atoms with van der Waals surface area (Å²) in [5.41, 5.74) is 0. The van der Waals surface area contributed by atoms with Crippen LogP contribution in [0.2, 0.25) is 0 Å². The maximum atomic E-state index is 8.25. The van der Waals surface area contributed by atoms with Crippen LogP contribution in [0.4, 0.5) is 0 Å². The first-order valence-electron chi connectivity index (χ1n) is 0.548. The minimum absolute atomic E-state index is 0. The fraction of sp³-hybridized carbons (Fsp3) is 0. The lowest BCUT2D eigenvalue weighted by molar-refractivity contribution is -0.402. The van der Waals surface area contributed by atoms with Crippen molar-refractivity contribution in [1.82, 2.24) is 0 Å². The third-order valence-electron chi connectivity index (χ3n) is 0. The molecule has 0 N–H and O–H groups in total. The molecule has 0 saturated heterocycles. The molecule has 0 amide bonds. The molecule has 0 rings (SSSR count). The van der Waals surface area contributed by atoms with Crippen molar-refractivity contribution in [3.63, 3.8) is 0 Å². The van der Waals surface area contributed by atoms with Crippen molar-refractivity contribution in [1.29, 1.82) is 0 Å². The first kappa shape index (κ1) is 8.82. The van der Waals surface area contributed by atoms with E-state index in [9.17, 15) is 0 Å². The van der Waals surface area contributed by atoms with E-state index < -0.39 is 5.09 Å². The van der Waals surface area contributed by atoms with E-state index in [2.05, 4.69) is 0 Å². The molecule has 0 atom stereocenters. The van der Waals surface area contributed by atoms with Gasteiger partial charge in [-0.1, -0.05) is 0 Å². The Morgan fingerprint density at radius 2 is 1.40 bits per heavy atom. The molecule has 0 aromatic heterocycles. The molecular weight excluding hydrogens is 97.5 g/mol. The Labute approximate surface area is 33.9 Å². The fourth-order valence-corrected chi connectivity index (χ4v) is 0. The van der Waals surface area contributed by atoms with Gasteiger partial charge in [-0.25, -0.2) is 0 Å². The van der Waals surface area contributed by atoms with Crippen LogP contribution in [0.15, 0.2) is 0 Å². The highest BCUT2D eigenvalue weighted by Gasteiger charge is 1.45. The Balaban J connectivity index is 0. The van der Waals surface area contributed by atoms with Gasteiger partial charge in [0.25, 0.3) is 0 Å². The van der Waals surface area contributed by atoms with Crippen molar-refractivity contribution >= 4 is 12.4 Å². The number of nitrogens with zero attached hydrogens (tertiary/aromatic N) is 1. The van der Waals surface area contributed by atoms with Gasteiger partial charge in [0.05, 0.1) is 5.09 Å². The van der Waals surface area contributed by atoms with Crippen LogP contribution < -0.4 is 0 Å². The van der Waals surface area contributed by atoms with Crippen molar-refractivity contribution in [2.45, 2.75) is 0 Å². The summed E-state index contributed by atoms with van der Waals surface area (Å²) in [5, 5.41) is 14.8. The summed E-state index contributed by atoms with van der Waals surface area (Å²) in [7, 11) is 0. The van der Waals surface area contributed by atoms with Crippen LogP contribution in [0, 0.1) is 15.3 Å². The van der Waals surface area contributed by atoms with Crippen LogP contribution >= 0.6 is 12.4 Å². The smallest absolute Gasteiger partial charge is 0.0689 e. The van der Waals surface area contributed by atoms with Gasteiger partial charge in [-0.2, -0.15) is 0 Å². The molecule has 5 heteroatoms. The van der Waals surface area contributed by atoms with Gasteiger partial charge in [0.15, 0.2) is 0 Å². The van der Waals surface area contributed by atoms with Crippen molar-refractivity contribution in [2.75, 3.05) is 0 Å². The standard InChI is InChI=1S/ClH.NO3/c;2-1(3)4/h1H;/q;-1. The van der Waals surface area contributed by atoms with Crippen molar-refractivity contribution in [3.05, 3.63) is 15.3 Å². The molecule has 5 heavy (non-hydrogen) atoms. The molecule has 0 aliphatic rings. The molecule has 0 spiro atoms. The summed E-state index contributed by atoms with van der Waals surface area (Å²) < 4.78 is 0. The zero-order chi connectivity index (χ0) is 3.58. The highest BCUT2D eigenvalue weighted by molar-refractivity contribution is 5.85. The fourth-order valence-electron chi connectivity index (χ4n) is 0. The summed E-state index contributed by atoms with van der Waals surface area (Å²) in [6, 6.07) is 0.